The summed E-state index contributed by atoms with van der Waals surface area (Å²) in [6.07, 6.45) is 3.72. The van der Waals surface area contributed by atoms with Crippen LogP contribution in [0.1, 0.15) is 13.8 Å². The number of hydrogen-bond donors (Lipinski definition) is 1. The van der Waals surface area contributed by atoms with Crippen molar-refractivity contribution >= 4 is 28.5 Å². The third kappa shape index (κ3) is 2.78. The first-order valence-electron chi connectivity index (χ1n) is 5.04. The molecule has 0 unspecified atom stereocenters. The van der Waals surface area contributed by atoms with E-state index in [4.69, 9.17) is 0 Å². The van der Waals surface area contributed by atoms with E-state index in [2.05, 4.69) is 56.6 Å². The van der Waals surface area contributed by atoms with Crippen molar-refractivity contribution in [2.75, 3.05) is 24.5 Å². The third-order valence-corrected chi connectivity index (χ3v) is 3.02. The monoisotopic (exact) mass is 318 g/mol. The van der Waals surface area contributed by atoms with Gasteiger partial charge in [0.05, 0.1) is 0 Å². The Morgan fingerprint density at radius 1 is 1.40 bits per heavy atom. The number of anilines is 1. The third-order valence-electron chi connectivity index (χ3n) is 2.46. The van der Waals surface area contributed by atoms with E-state index in [1.165, 1.54) is 0 Å². The van der Waals surface area contributed by atoms with E-state index in [1.54, 1.807) is 0 Å². The van der Waals surface area contributed by atoms with Crippen LogP contribution in [0.4, 0.5) is 5.95 Å². The lowest BCUT2D eigenvalue weighted by molar-refractivity contribution is 0.350. The summed E-state index contributed by atoms with van der Waals surface area (Å²) in [7, 11) is 0. The van der Waals surface area contributed by atoms with Crippen LogP contribution in [0, 0.1) is 3.57 Å². The normalized spacial score (nSPS) is 20.3. The molecule has 82 valence electrons. The molecule has 1 aliphatic heterocycles. The molecule has 0 amide bonds. The van der Waals surface area contributed by atoms with Crippen molar-refractivity contribution in [3.63, 3.8) is 0 Å². The van der Waals surface area contributed by atoms with Gasteiger partial charge in [0.15, 0.2) is 0 Å². The average molecular weight is 318 g/mol. The minimum Gasteiger partial charge on any atom is -0.338 e. The minimum absolute atomic E-state index is 0.143. The second kappa shape index (κ2) is 4.21. The Hall–Kier alpha value is -0.430. The van der Waals surface area contributed by atoms with Gasteiger partial charge in [-0.15, -0.1) is 0 Å². The highest BCUT2D eigenvalue weighted by atomic mass is 127. The summed E-state index contributed by atoms with van der Waals surface area (Å²) in [6, 6.07) is 0. The molecule has 1 fully saturated rings. The zero-order valence-electron chi connectivity index (χ0n) is 9.00. The number of nitrogens with one attached hydrogen (secondary N) is 1. The summed E-state index contributed by atoms with van der Waals surface area (Å²) in [5.74, 6) is 0.838. The lowest BCUT2D eigenvalue weighted by Gasteiger charge is -2.39. The van der Waals surface area contributed by atoms with Gasteiger partial charge in [0, 0.05) is 41.1 Å². The molecule has 1 saturated heterocycles. The molecular formula is C10H15IN4. The lowest BCUT2D eigenvalue weighted by atomic mass is 10.0. The van der Waals surface area contributed by atoms with Crippen molar-refractivity contribution in [1.29, 1.82) is 0 Å². The molecule has 2 rings (SSSR count). The number of rotatable bonds is 1. The van der Waals surface area contributed by atoms with E-state index >= 15 is 0 Å². The first-order chi connectivity index (χ1) is 7.07. The van der Waals surface area contributed by atoms with Gasteiger partial charge in [0.1, 0.15) is 0 Å². The van der Waals surface area contributed by atoms with Crippen LogP contribution < -0.4 is 10.2 Å². The summed E-state index contributed by atoms with van der Waals surface area (Å²) in [6.45, 7) is 7.32. The Balaban J connectivity index is 2.13. The van der Waals surface area contributed by atoms with Crippen molar-refractivity contribution < 1.29 is 0 Å². The molecule has 2 heterocycles. The van der Waals surface area contributed by atoms with Crippen molar-refractivity contribution in [3.05, 3.63) is 16.0 Å². The smallest absolute Gasteiger partial charge is 0.225 e. The van der Waals surface area contributed by atoms with Gasteiger partial charge in [0.25, 0.3) is 0 Å². The molecule has 1 N–H and O–H groups in total. The van der Waals surface area contributed by atoms with E-state index in [-0.39, 0.29) is 5.54 Å². The van der Waals surface area contributed by atoms with Gasteiger partial charge in [0.2, 0.25) is 5.95 Å². The fourth-order valence-electron chi connectivity index (χ4n) is 1.78. The van der Waals surface area contributed by atoms with Crippen molar-refractivity contribution in [1.82, 2.24) is 15.3 Å². The van der Waals surface area contributed by atoms with E-state index in [0.29, 0.717) is 0 Å². The van der Waals surface area contributed by atoms with E-state index in [9.17, 15) is 0 Å². The highest BCUT2D eigenvalue weighted by Crippen LogP contribution is 2.15. The van der Waals surface area contributed by atoms with E-state index in [0.717, 1.165) is 29.2 Å². The highest BCUT2D eigenvalue weighted by Gasteiger charge is 2.26. The summed E-state index contributed by atoms with van der Waals surface area (Å²) in [5.41, 5.74) is 0.143. The average Bonchev–Trinajstić information content (AvgIpc) is 2.17. The number of nitrogens with zero attached hydrogens (tertiary/aromatic N) is 3. The summed E-state index contributed by atoms with van der Waals surface area (Å²) in [4.78, 5) is 10.9. The van der Waals surface area contributed by atoms with Crippen molar-refractivity contribution in [2.24, 2.45) is 0 Å². The van der Waals surface area contributed by atoms with Crippen molar-refractivity contribution in [3.8, 4) is 0 Å². The number of piperazine rings is 1. The predicted octanol–water partition coefficient (Wildman–Crippen LogP) is 1.27. The van der Waals surface area contributed by atoms with Gasteiger partial charge in [-0.2, -0.15) is 0 Å². The molecule has 1 aromatic rings. The van der Waals surface area contributed by atoms with Crippen LogP contribution in [0.15, 0.2) is 12.4 Å². The van der Waals surface area contributed by atoms with Crippen LogP contribution in [0.25, 0.3) is 0 Å². The maximum Gasteiger partial charge on any atom is 0.225 e. The topological polar surface area (TPSA) is 41.1 Å². The molecule has 15 heavy (non-hydrogen) atoms. The maximum atomic E-state index is 4.35. The zero-order valence-corrected chi connectivity index (χ0v) is 11.2. The molecule has 0 aliphatic carbocycles. The van der Waals surface area contributed by atoms with Crippen LogP contribution >= 0.6 is 22.6 Å². The maximum absolute atomic E-state index is 4.35. The SMILES string of the molecule is CC1(C)CN(c2ncc(I)cn2)CCN1. The largest absolute Gasteiger partial charge is 0.338 e. The fourth-order valence-corrected chi connectivity index (χ4v) is 2.06. The Labute approximate surface area is 104 Å². The molecular weight excluding hydrogens is 303 g/mol. The van der Waals surface area contributed by atoms with Gasteiger partial charge in [-0.05, 0) is 36.4 Å². The molecule has 1 aromatic heterocycles. The van der Waals surface area contributed by atoms with E-state index < -0.39 is 0 Å². The van der Waals surface area contributed by atoms with Gasteiger partial charge in [-0.25, -0.2) is 9.97 Å². The highest BCUT2D eigenvalue weighted by molar-refractivity contribution is 14.1. The van der Waals surface area contributed by atoms with Crippen LogP contribution in [0.5, 0.6) is 0 Å². The predicted molar refractivity (Wildman–Crippen MR) is 69.0 cm³/mol. The summed E-state index contributed by atoms with van der Waals surface area (Å²) in [5, 5.41) is 3.47. The zero-order chi connectivity index (χ0) is 10.9. The quantitative estimate of drug-likeness (QED) is 0.792. The standard InChI is InChI=1S/C10H15IN4/c1-10(2)7-15(4-3-14-10)9-12-5-8(11)6-13-9/h5-6,14H,3-4,7H2,1-2H3. The van der Waals surface area contributed by atoms with Gasteiger partial charge in [-0.1, -0.05) is 0 Å². The first kappa shape index (κ1) is 11.1. The van der Waals surface area contributed by atoms with Crippen molar-refractivity contribution in [2.45, 2.75) is 19.4 Å². The molecule has 5 heteroatoms. The van der Waals surface area contributed by atoms with Crippen LogP contribution in [0.2, 0.25) is 0 Å². The fraction of sp³-hybridized carbons (Fsp3) is 0.600. The Bertz CT molecular complexity index is 336. The molecule has 0 radical (unpaired) electrons. The second-order valence-electron chi connectivity index (χ2n) is 4.43. The molecule has 0 bridgehead atoms. The number of halogens is 1. The second-order valence-corrected chi connectivity index (χ2v) is 5.68. The Morgan fingerprint density at radius 3 is 2.67 bits per heavy atom. The number of aromatic nitrogens is 2. The van der Waals surface area contributed by atoms with Crippen LogP contribution in [-0.2, 0) is 0 Å². The van der Waals surface area contributed by atoms with E-state index in [1.807, 2.05) is 12.4 Å². The molecule has 4 nitrogen and oxygen atoms in total. The van der Waals surface area contributed by atoms with Gasteiger partial charge in [-0.3, -0.25) is 0 Å². The lowest BCUT2D eigenvalue weighted by Crippen LogP contribution is -2.57. The van der Waals surface area contributed by atoms with Crippen LogP contribution in [0.3, 0.4) is 0 Å². The molecule has 0 spiro atoms. The molecule has 0 saturated carbocycles. The number of hydrogen-bond acceptors (Lipinski definition) is 4. The van der Waals surface area contributed by atoms with Gasteiger partial charge >= 0.3 is 0 Å². The Morgan fingerprint density at radius 2 is 2.07 bits per heavy atom. The molecule has 0 atom stereocenters. The Kier molecular flexibility index (Phi) is 3.11. The van der Waals surface area contributed by atoms with Gasteiger partial charge < -0.3 is 10.2 Å². The summed E-state index contributed by atoms with van der Waals surface area (Å²) >= 11 is 2.22. The summed E-state index contributed by atoms with van der Waals surface area (Å²) < 4.78 is 1.07. The molecule has 1 aliphatic rings. The van der Waals surface area contributed by atoms with Crippen LogP contribution in [-0.4, -0.2) is 35.1 Å². The first-order valence-corrected chi connectivity index (χ1v) is 6.12. The minimum atomic E-state index is 0.143. The molecule has 0 aromatic carbocycles.